The van der Waals surface area contributed by atoms with E-state index in [4.69, 9.17) is 9.47 Å². The lowest BCUT2D eigenvalue weighted by Gasteiger charge is -2.46. The zero-order chi connectivity index (χ0) is 21.1. The molecule has 0 aromatic heterocycles. The molecule has 4 rings (SSSR count). The lowest BCUT2D eigenvalue weighted by Crippen LogP contribution is -2.58. The standard InChI is InChI=1S/C24H37N3O3/c1-24(2,3)30-23(28)27-12-11-26-15-19(7-10-21(26)16-27)17-29-22-6-4-5-18(13-22)14-25-20-8-9-20/h4-6,13,19-21,25H,7-12,14-17H2,1-3H3/t19-,21-/m1/s1. The predicted octanol–water partition coefficient (Wildman–Crippen LogP) is 3.65. The Hall–Kier alpha value is -1.79. The molecule has 1 N–H and O–H groups in total. The SMILES string of the molecule is CC(C)(C)OC(=O)N1CCN2C[C@H](COc3cccc(CNC4CC4)c3)CC[C@@H]2C1. The van der Waals surface area contributed by atoms with E-state index < -0.39 is 5.60 Å². The Morgan fingerprint density at radius 3 is 2.73 bits per heavy atom. The highest BCUT2D eigenvalue weighted by Crippen LogP contribution is 2.27. The summed E-state index contributed by atoms with van der Waals surface area (Å²) < 4.78 is 11.7. The number of benzene rings is 1. The summed E-state index contributed by atoms with van der Waals surface area (Å²) >= 11 is 0. The van der Waals surface area contributed by atoms with Crippen LogP contribution in [0.2, 0.25) is 0 Å². The summed E-state index contributed by atoms with van der Waals surface area (Å²) in [6.45, 7) is 10.9. The van der Waals surface area contributed by atoms with Gasteiger partial charge in [0.2, 0.25) is 0 Å². The van der Waals surface area contributed by atoms with Crippen LogP contribution in [0.4, 0.5) is 4.79 Å². The van der Waals surface area contributed by atoms with Gasteiger partial charge in [0.05, 0.1) is 6.61 Å². The van der Waals surface area contributed by atoms with Crippen LogP contribution in [0.1, 0.15) is 52.0 Å². The van der Waals surface area contributed by atoms with Gasteiger partial charge in [-0.2, -0.15) is 0 Å². The second-order valence-electron chi connectivity index (χ2n) is 10.1. The average Bonchev–Trinajstić information content (AvgIpc) is 3.54. The van der Waals surface area contributed by atoms with Crippen LogP contribution in [0.15, 0.2) is 24.3 Å². The first kappa shape index (κ1) is 21.4. The Morgan fingerprint density at radius 1 is 1.13 bits per heavy atom. The quantitative estimate of drug-likeness (QED) is 0.769. The van der Waals surface area contributed by atoms with Crippen molar-refractivity contribution >= 4 is 6.09 Å². The van der Waals surface area contributed by atoms with Crippen molar-refractivity contribution in [1.29, 1.82) is 0 Å². The number of nitrogens with zero attached hydrogens (tertiary/aromatic N) is 2. The van der Waals surface area contributed by atoms with Gasteiger partial charge in [0.15, 0.2) is 0 Å². The number of piperidine rings is 1. The van der Waals surface area contributed by atoms with Crippen LogP contribution in [0, 0.1) is 5.92 Å². The van der Waals surface area contributed by atoms with Crippen molar-refractivity contribution in [3.8, 4) is 5.75 Å². The third kappa shape index (κ3) is 6.11. The lowest BCUT2D eigenvalue weighted by atomic mass is 9.91. The van der Waals surface area contributed by atoms with Crippen molar-refractivity contribution in [2.24, 2.45) is 5.92 Å². The minimum Gasteiger partial charge on any atom is -0.493 e. The topological polar surface area (TPSA) is 54.0 Å². The highest BCUT2D eigenvalue weighted by molar-refractivity contribution is 5.68. The molecule has 2 atom stereocenters. The van der Waals surface area contributed by atoms with Crippen LogP contribution in [0.3, 0.4) is 0 Å². The Kier molecular flexibility index (Phi) is 6.54. The molecule has 0 unspecified atom stereocenters. The van der Waals surface area contributed by atoms with Crippen LogP contribution in [0.5, 0.6) is 5.75 Å². The fraction of sp³-hybridized carbons (Fsp3) is 0.708. The summed E-state index contributed by atoms with van der Waals surface area (Å²) in [5.74, 6) is 1.52. The van der Waals surface area contributed by atoms with E-state index in [0.717, 1.165) is 64.0 Å². The van der Waals surface area contributed by atoms with Crippen molar-refractivity contribution in [2.45, 2.75) is 70.7 Å². The molecule has 166 valence electrons. The number of hydrogen-bond donors (Lipinski definition) is 1. The van der Waals surface area contributed by atoms with Crippen LogP contribution < -0.4 is 10.1 Å². The van der Waals surface area contributed by atoms with E-state index in [9.17, 15) is 4.79 Å². The highest BCUT2D eigenvalue weighted by Gasteiger charge is 2.35. The van der Waals surface area contributed by atoms with Crippen molar-refractivity contribution < 1.29 is 14.3 Å². The van der Waals surface area contributed by atoms with E-state index in [1.165, 1.54) is 18.4 Å². The van der Waals surface area contributed by atoms with Gasteiger partial charge in [-0.1, -0.05) is 12.1 Å². The first-order valence-electron chi connectivity index (χ1n) is 11.5. The van der Waals surface area contributed by atoms with Gasteiger partial charge in [0.25, 0.3) is 0 Å². The Labute approximate surface area is 180 Å². The minimum absolute atomic E-state index is 0.177. The van der Waals surface area contributed by atoms with Gasteiger partial charge in [-0.25, -0.2) is 4.79 Å². The fourth-order valence-electron chi connectivity index (χ4n) is 4.40. The van der Waals surface area contributed by atoms with Gasteiger partial charge >= 0.3 is 6.09 Å². The number of hydrogen-bond acceptors (Lipinski definition) is 5. The molecule has 2 saturated heterocycles. The van der Waals surface area contributed by atoms with Gasteiger partial charge < -0.3 is 19.7 Å². The van der Waals surface area contributed by atoms with Crippen LogP contribution in [-0.2, 0) is 11.3 Å². The second kappa shape index (κ2) is 9.15. The zero-order valence-corrected chi connectivity index (χ0v) is 18.7. The summed E-state index contributed by atoms with van der Waals surface area (Å²) in [5, 5.41) is 3.56. The maximum Gasteiger partial charge on any atom is 0.410 e. The monoisotopic (exact) mass is 415 g/mol. The largest absolute Gasteiger partial charge is 0.493 e. The molecule has 1 aliphatic carbocycles. The molecule has 1 aromatic carbocycles. The fourth-order valence-corrected chi connectivity index (χ4v) is 4.40. The van der Waals surface area contributed by atoms with E-state index in [2.05, 4.69) is 34.5 Å². The molecule has 30 heavy (non-hydrogen) atoms. The van der Waals surface area contributed by atoms with Crippen molar-refractivity contribution in [3.63, 3.8) is 0 Å². The molecule has 1 aromatic rings. The van der Waals surface area contributed by atoms with E-state index in [0.29, 0.717) is 12.0 Å². The number of nitrogens with one attached hydrogen (secondary N) is 1. The van der Waals surface area contributed by atoms with E-state index in [-0.39, 0.29) is 6.09 Å². The summed E-state index contributed by atoms with van der Waals surface area (Å²) in [6.07, 6.45) is 4.70. The molecule has 0 radical (unpaired) electrons. The van der Waals surface area contributed by atoms with Crippen LogP contribution >= 0.6 is 0 Å². The molecule has 2 aliphatic heterocycles. The molecule has 0 bridgehead atoms. The molecule has 0 spiro atoms. The zero-order valence-electron chi connectivity index (χ0n) is 18.7. The van der Waals surface area contributed by atoms with Gasteiger partial charge in [-0.15, -0.1) is 0 Å². The highest BCUT2D eigenvalue weighted by atomic mass is 16.6. The predicted molar refractivity (Wildman–Crippen MR) is 118 cm³/mol. The Bertz CT molecular complexity index is 729. The van der Waals surface area contributed by atoms with Crippen molar-refractivity contribution in [2.75, 3.05) is 32.8 Å². The minimum atomic E-state index is -0.436. The molecule has 6 nitrogen and oxygen atoms in total. The number of amides is 1. The maximum atomic E-state index is 12.4. The number of carbonyl (C=O) groups excluding carboxylic acids is 1. The number of ether oxygens (including phenoxy) is 2. The molecule has 2 heterocycles. The second-order valence-corrected chi connectivity index (χ2v) is 10.1. The number of carbonyl (C=O) groups is 1. The molecule has 6 heteroatoms. The molecule has 3 aliphatic rings. The summed E-state index contributed by atoms with van der Waals surface area (Å²) in [5.41, 5.74) is 0.857. The number of rotatable bonds is 6. The summed E-state index contributed by atoms with van der Waals surface area (Å²) in [7, 11) is 0. The molecule has 1 saturated carbocycles. The smallest absolute Gasteiger partial charge is 0.410 e. The van der Waals surface area contributed by atoms with Gasteiger partial charge in [-0.05, 0) is 64.2 Å². The van der Waals surface area contributed by atoms with E-state index in [1.54, 1.807) is 0 Å². The summed E-state index contributed by atoms with van der Waals surface area (Å²) in [4.78, 5) is 16.8. The van der Waals surface area contributed by atoms with Crippen LogP contribution in [0.25, 0.3) is 0 Å². The Balaban J connectivity index is 1.22. The number of piperazine rings is 1. The summed E-state index contributed by atoms with van der Waals surface area (Å²) in [6, 6.07) is 9.65. The third-order valence-corrected chi connectivity index (χ3v) is 6.21. The van der Waals surface area contributed by atoms with Crippen LogP contribution in [-0.4, -0.2) is 66.4 Å². The molecular formula is C24H37N3O3. The van der Waals surface area contributed by atoms with E-state index in [1.807, 2.05) is 25.7 Å². The number of fused-ring (bicyclic) bond motifs is 1. The first-order chi connectivity index (χ1) is 14.4. The van der Waals surface area contributed by atoms with Gasteiger partial charge in [0.1, 0.15) is 11.4 Å². The normalized spacial score (nSPS) is 25.0. The third-order valence-electron chi connectivity index (χ3n) is 6.21. The van der Waals surface area contributed by atoms with E-state index >= 15 is 0 Å². The average molecular weight is 416 g/mol. The van der Waals surface area contributed by atoms with Gasteiger partial charge in [0, 0.05) is 50.7 Å². The van der Waals surface area contributed by atoms with Crippen molar-refractivity contribution in [3.05, 3.63) is 29.8 Å². The first-order valence-corrected chi connectivity index (χ1v) is 11.5. The maximum absolute atomic E-state index is 12.4. The van der Waals surface area contributed by atoms with Crippen molar-refractivity contribution in [1.82, 2.24) is 15.1 Å². The molecule has 1 amide bonds. The molecular weight excluding hydrogens is 378 g/mol. The molecule has 3 fully saturated rings. The lowest BCUT2D eigenvalue weighted by molar-refractivity contribution is -0.0122. The Morgan fingerprint density at radius 2 is 1.97 bits per heavy atom. The van der Waals surface area contributed by atoms with Gasteiger partial charge in [-0.3, -0.25) is 4.90 Å².